The van der Waals surface area contributed by atoms with E-state index in [1.54, 1.807) is 11.8 Å². The first-order valence-corrected chi connectivity index (χ1v) is 6.58. The minimum atomic E-state index is 0.883. The fourth-order valence-electron chi connectivity index (χ4n) is 1.37. The quantitative estimate of drug-likeness (QED) is 0.603. The van der Waals surface area contributed by atoms with Crippen molar-refractivity contribution in [2.24, 2.45) is 0 Å². The highest BCUT2D eigenvalue weighted by atomic mass is 79.9. The van der Waals surface area contributed by atoms with Crippen molar-refractivity contribution in [1.29, 1.82) is 0 Å². The minimum absolute atomic E-state index is 0.883. The van der Waals surface area contributed by atoms with Crippen molar-refractivity contribution >= 4 is 27.7 Å². The number of hydrogen-bond donors (Lipinski definition) is 0. The molecule has 0 aliphatic rings. The Hall–Kier alpha value is -0.800. The van der Waals surface area contributed by atoms with Crippen molar-refractivity contribution in [2.45, 2.75) is 5.03 Å². The molecule has 0 aliphatic heterocycles. The SMILES string of the molecule is CSc1cc(-c2ccccc2)cc(Br)n1. The topological polar surface area (TPSA) is 12.9 Å². The molecule has 0 bridgehead atoms. The smallest absolute Gasteiger partial charge is 0.108 e. The summed E-state index contributed by atoms with van der Waals surface area (Å²) >= 11 is 5.08. The molecule has 76 valence electrons. The first-order chi connectivity index (χ1) is 7.29. The van der Waals surface area contributed by atoms with Crippen LogP contribution in [0.4, 0.5) is 0 Å². The number of aromatic nitrogens is 1. The van der Waals surface area contributed by atoms with Gasteiger partial charge in [-0.1, -0.05) is 30.3 Å². The molecule has 0 atom stereocenters. The summed E-state index contributed by atoms with van der Waals surface area (Å²) in [7, 11) is 0. The van der Waals surface area contributed by atoms with Crippen LogP contribution in [-0.2, 0) is 0 Å². The van der Waals surface area contributed by atoms with Crippen LogP contribution in [0.3, 0.4) is 0 Å². The zero-order valence-corrected chi connectivity index (χ0v) is 10.7. The van der Waals surface area contributed by atoms with E-state index in [-0.39, 0.29) is 0 Å². The molecule has 2 aromatic rings. The largest absolute Gasteiger partial charge is 0.235 e. The van der Waals surface area contributed by atoms with E-state index in [2.05, 4.69) is 39.1 Å². The normalized spacial score (nSPS) is 10.3. The molecular weight excluding hydrogens is 270 g/mol. The molecule has 0 radical (unpaired) electrons. The third kappa shape index (κ3) is 2.61. The van der Waals surface area contributed by atoms with Crippen molar-refractivity contribution in [3.63, 3.8) is 0 Å². The number of benzene rings is 1. The summed E-state index contributed by atoms with van der Waals surface area (Å²) in [6.07, 6.45) is 2.03. The highest BCUT2D eigenvalue weighted by molar-refractivity contribution is 9.10. The molecule has 0 amide bonds. The summed E-state index contributed by atoms with van der Waals surface area (Å²) in [5, 5.41) is 1.03. The maximum atomic E-state index is 4.36. The molecule has 0 unspecified atom stereocenters. The third-order valence-corrected chi connectivity index (χ3v) is 3.12. The van der Waals surface area contributed by atoms with Crippen LogP contribution in [0.2, 0.25) is 0 Å². The third-order valence-electron chi connectivity index (χ3n) is 2.09. The first kappa shape index (κ1) is 10.7. The van der Waals surface area contributed by atoms with Crippen LogP contribution in [0.15, 0.2) is 52.1 Å². The first-order valence-electron chi connectivity index (χ1n) is 4.56. The number of pyridine rings is 1. The second-order valence-electron chi connectivity index (χ2n) is 3.09. The van der Waals surface area contributed by atoms with Crippen molar-refractivity contribution in [3.05, 3.63) is 47.1 Å². The molecule has 0 fully saturated rings. The number of nitrogens with zero attached hydrogens (tertiary/aromatic N) is 1. The summed E-state index contributed by atoms with van der Waals surface area (Å²) in [6.45, 7) is 0. The molecule has 0 N–H and O–H groups in total. The van der Waals surface area contributed by atoms with Gasteiger partial charge in [0.1, 0.15) is 4.60 Å². The number of thioether (sulfide) groups is 1. The van der Waals surface area contributed by atoms with Gasteiger partial charge < -0.3 is 0 Å². The number of hydrogen-bond acceptors (Lipinski definition) is 2. The van der Waals surface area contributed by atoms with Crippen LogP contribution in [0, 0.1) is 0 Å². The lowest BCUT2D eigenvalue weighted by Gasteiger charge is -2.04. The molecule has 3 heteroatoms. The fourth-order valence-corrected chi connectivity index (χ4v) is 2.36. The Labute approximate surface area is 102 Å². The monoisotopic (exact) mass is 279 g/mol. The van der Waals surface area contributed by atoms with Crippen molar-refractivity contribution in [2.75, 3.05) is 6.26 Å². The van der Waals surface area contributed by atoms with Crippen LogP contribution in [0.25, 0.3) is 11.1 Å². The summed E-state index contributed by atoms with van der Waals surface area (Å²) in [6, 6.07) is 14.5. The second-order valence-corrected chi connectivity index (χ2v) is 4.73. The highest BCUT2D eigenvalue weighted by Gasteiger charge is 2.01. The van der Waals surface area contributed by atoms with Gasteiger partial charge in [0, 0.05) is 0 Å². The van der Waals surface area contributed by atoms with E-state index in [0.717, 1.165) is 9.63 Å². The molecule has 0 saturated carbocycles. The van der Waals surface area contributed by atoms with Gasteiger partial charge in [0.15, 0.2) is 0 Å². The van der Waals surface area contributed by atoms with Gasteiger partial charge in [-0.25, -0.2) is 4.98 Å². The maximum Gasteiger partial charge on any atom is 0.108 e. The van der Waals surface area contributed by atoms with Crippen molar-refractivity contribution in [1.82, 2.24) is 4.98 Å². The highest BCUT2D eigenvalue weighted by Crippen LogP contribution is 2.26. The fraction of sp³-hybridized carbons (Fsp3) is 0.0833. The lowest BCUT2D eigenvalue weighted by atomic mass is 10.1. The van der Waals surface area contributed by atoms with Crippen LogP contribution < -0.4 is 0 Å². The Balaban J connectivity index is 2.49. The molecule has 1 nitrogen and oxygen atoms in total. The zero-order chi connectivity index (χ0) is 10.7. The lowest BCUT2D eigenvalue weighted by Crippen LogP contribution is -1.84. The Kier molecular flexibility index (Phi) is 3.44. The Bertz CT molecular complexity index is 456. The van der Waals surface area contributed by atoms with E-state index < -0.39 is 0 Å². The van der Waals surface area contributed by atoms with Gasteiger partial charge in [-0.2, -0.15) is 0 Å². The molecule has 0 spiro atoms. The van der Waals surface area contributed by atoms with Crippen LogP contribution in [0.1, 0.15) is 0 Å². The van der Waals surface area contributed by atoms with E-state index in [4.69, 9.17) is 0 Å². The summed E-state index contributed by atoms with van der Waals surface area (Å²) in [5.41, 5.74) is 2.41. The van der Waals surface area contributed by atoms with Crippen LogP contribution in [0.5, 0.6) is 0 Å². The van der Waals surface area contributed by atoms with Gasteiger partial charge in [-0.05, 0) is 45.4 Å². The van der Waals surface area contributed by atoms with Gasteiger partial charge in [0.25, 0.3) is 0 Å². The van der Waals surface area contributed by atoms with E-state index >= 15 is 0 Å². The zero-order valence-electron chi connectivity index (χ0n) is 8.27. The van der Waals surface area contributed by atoms with Gasteiger partial charge in [-0.3, -0.25) is 0 Å². The van der Waals surface area contributed by atoms with E-state index in [0.29, 0.717) is 0 Å². The van der Waals surface area contributed by atoms with Gasteiger partial charge in [-0.15, -0.1) is 11.8 Å². The maximum absolute atomic E-state index is 4.36. The molecule has 0 saturated heterocycles. The predicted octanol–water partition coefficient (Wildman–Crippen LogP) is 4.23. The number of rotatable bonds is 2. The van der Waals surface area contributed by atoms with E-state index in [1.807, 2.05) is 30.5 Å². The predicted molar refractivity (Wildman–Crippen MR) is 69.2 cm³/mol. The van der Waals surface area contributed by atoms with Crippen molar-refractivity contribution in [3.8, 4) is 11.1 Å². The Morgan fingerprint density at radius 3 is 2.47 bits per heavy atom. The Morgan fingerprint density at radius 1 is 1.07 bits per heavy atom. The molecule has 2 rings (SSSR count). The molecule has 1 aromatic heterocycles. The molecule has 1 heterocycles. The number of halogens is 1. The van der Waals surface area contributed by atoms with Gasteiger partial charge in [0.05, 0.1) is 5.03 Å². The molecule has 1 aromatic carbocycles. The van der Waals surface area contributed by atoms with Crippen LogP contribution >= 0.6 is 27.7 Å². The lowest BCUT2D eigenvalue weighted by molar-refractivity contribution is 1.11. The summed E-state index contributed by atoms with van der Waals surface area (Å²) in [4.78, 5) is 4.36. The van der Waals surface area contributed by atoms with Crippen LogP contribution in [-0.4, -0.2) is 11.2 Å². The summed E-state index contributed by atoms with van der Waals surface area (Å²) < 4.78 is 0.883. The van der Waals surface area contributed by atoms with Gasteiger partial charge >= 0.3 is 0 Å². The average molecular weight is 280 g/mol. The Morgan fingerprint density at radius 2 is 1.80 bits per heavy atom. The minimum Gasteiger partial charge on any atom is -0.235 e. The van der Waals surface area contributed by atoms with E-state index in [9.17, 15) is 0 Å². The standard InChI is InChI=1S/C12H10BrNS/c1-15-12-8-10(7-11(13)14-12)9-5-3-2-4-6-9/h2-8H,1H3. The molecule has 0 aliphatic carbocycles. The molecular formula is C12H10BrNS. The van der Waals surface area contributed by atoms with E-state index in [1.165, 1.54) is 11.1 Å². The second kappa shape index (κ2) is 4.81. The molecule has 15 heavy (non-hydrogen) atoms. The van der Waals surface area contributed by atoms with Crippen molar-refractivity contribution < 1.29 is 0 Å². The summed E-state index contributed by atoms with van der Waals surface area (Å²) in [5.74, 6) is 0. The van der Waals surface area contributed by atoms with Gasteiger partial charge in [0.2, 0.25) is 0 Å². The average Bonchev–Trinajstić information content (AvgIpc) is 2.29.